The summed E-state index contributed by atoms with van der Waals surface area (Å²) in [6.45, 7) is 4.56. The molecule has 2 rings (SSSR count). The van der Waals surface area contributed by atoms with Crippen LogP contribution in [0.2, 0.25) is 0 Å². The van der Waals surface area contributed by atoms with Crippen molar-refractivity contribution in [2.75, 3.05) is 25.5 Å². The van der Waals surface area contributed by atoms with E-state index in [0.29, 0.717) is 6.04 Å². The van der Waals surface area contributed by atoms with Crippen LogP contribution in [0.1, 0.15) is 18.4 Å². The third kappa shape index (κ3) is 2.98. The minimum Gasteiger partial charge on any atom is -0.382 e. The maximum atomic E-state index is 3.65. The van der Waals surface area contributed by atoms with Crippen LogP contribution >= 0.6 is 15.9 Å². The predicted molar refractivity (Wildman–Crippen MR) is 73.0 cm³/mol. The molecule has 0 atom stereocenters. The van der Waals surface area contributed by atoms with E-state index >= 15 is 0 Å². The molecule has 1 aromatic carbocycles. The zero-order valence-electron chi connectivity index (χ0n) is 9.96. The standard InChI is InChI=1S/C13H19BrN2/c1-10-9-11(14)3-4-13(10)15-12-5-7-16(2)8-6-12/h3-4,9,12,15H,5-8H2,1-2H3. The SMILES string of the molecule is Cc1cc(Br)ccc1NC1CCN(C)CC1. The molecule has 3 heteroatoms. The molecule has 0 bridgehead atoms. The summed E-state index contributed by atoms with van der Waals surface area (Å²) in [6.07, 6.45) is 2.48. The Balaban J connectivity index is 1.98. The molecule has 1 N–H and O–H groups in total. The van der Waals surface area contributed by atoms with Crippen molar-refractivity contribution in [1.29, 1.82) is 0 Å². The number of nitrogens with one attached hydrogen (secondary N) is 1. The van der Waals surface area contributed by atoms with Gasteiger partial charge in [-0.2, -0.15) is 0 Å². The van der Waals surface area contributed by atoms with Gasteiger partial charge in [-0.25, -0.2) is 0 Å². The van der Waals surface area contributed by atoms with Gasteiger partial charge in [-0.05, 0) is 63.7 Å². The first-order valence-corrected chi connectivity index (χ1v) is 6.65. The first-order valence-electron chi connectivity index (χ1n) is 5.86. The molecule has 0 spiro atoms. The molecular formula is C13H19BrN2. The van der Waals surface area contributed by atoms with Crippen molar-refractivity contribution in [3.63, 3.8) is 0 Å². The summed E-state index contributed by atoms with van der Waals surface area (Å²) in [4.78, 5) is 2.40. The van der Waals surface area contributed by atoms with E-state index in [1.54, 1.807) is 0 Å². The van der Waals surface area contributed by atoms with Crippen LogP contribution < -0.4 is 5.32 Å². The van der Waals surface area contributed by atoms with Crippen molar-refractivity contribution < 1.29 is 0 Å². The number of halogens is 1. The fourth-order valence-corrected chi connectivity index (χ4v) is 2.64. The molecule has 2 nitrogen and oxygen atoms in total. The van der Waals surface area contributed by atoms with Gasteiger partial charge < -0.3 is 10.2 Å². The van der Waals surface area contributed by atoms with Gasteiger partial charge in [0.2, 0.25) is 0 Å². The van der Waals surface area contributed by atoms with Gasteiger partial charge in [-0.1, -0.05) is 15.9 Å². The summed E-state index contributed by atoms with van der Waals surface area (Å²) in [5.41, 5.74) is 2.59. The lowest BCUT2D eigenvalue weighted by molar-refractivity contribution is 0.264. The Labute approximate surface area is 106 Å². The monoisotopic (exact) mass is 282 g/mol. The molecule has 0 aromatic heterocycles. The molecule has 88 valence electrons. The van der Waals surface area contributed by atoms with Crippen LogP contribution in [0.4, 0.5) is 5.69 Å². The number of rotatable bonds is 2. The lowest BCUT2D eigenvalue weighted by Gasteiger charge is -2.30. The number of anilines is 1. The second-order valence-electron chi connectivity index (χ2n) is 4.68. The van der Waals surface area contributed by atoms with Gasteiger partial charge in [0.15, 0.2) is 0 Å². The molecule has 1 heterocycles. The van der Waals surface area contributed by atoms with E-state index in [1.807, 2.05) is 0 Å². The van der Waals surface area contributed by atoms with E-state index in [-0.39, 0.29) is 0 Å². The summed E-state index contributed by atoms with van der Waals surface area (Å²) in [7, 11) is 2.20. The molecule has 0 saturated carbocycles. The highest BCUT2D eigenvalue weighted by atomic mass is 79.9. The van der Waals surface area contributed by atoms with Crippen LogP contribution in [0.3, 0.4) is 0 Å². The lowest BCUT2D eigenvalue weighted by atomic mass is 10.0. The van der Waals surface area contributed by atoms with E-state index in [9.17, 15) is 0 Å². The fraction of sp³-hybridized carbons (Fsp3) is 0.538. The van der Waals surface area contributed by atoms with Gasteiger partial charge in [0.05, 0.1) is 0 Å². The predicted octanol–water partition coefficient (Wildman–Crippen LogP) is 3.26. The third-order valence-corrected chi connectivity index (χ3v) is 3.76. The fourth-order valence-electron chi connectivity index (χ4n) is 2.16. The van der Waals surface area contributed by atoms with Gasteiger partial charge in [0, 0.05) is 16.2 Å². The number of benzene rings is 1. The van der Waals surface area contributed by atoms with Crippen LogP contribution in [0.5, 0.6) is 0 Å². The molecule has 16 heavy (non-hydrogen) atoms. The molecular weight excluding hydrogens is 264 g/mol. The van der Waals surface area contributed by atoms with Gasteiger partial charge in [0.25, 0.3) is 0 Å². The highest BCUT2D eigenvalue weighted by molar-refractivity contribution is 9.10. The minimum absolute atomic E-state index is 0.635. The molecule has 1 aliphatic heterocycles. The van der Waals surface area contributed by atoms with E-state index in [1.165, 1.54) is 37.2 Å². The van der Waals surface area contributed by atoms with Crippen molar-refractivity contribution in [3.05, 3.63) is 28.2 Å². The van der Waals surface area contributed by atoms with Crippen molar-refractivity contribution in [2.45, 2.75) is 25.8 Å². The Hall–Kier alpha value is -0.540. The largest absolute Gasteiger partial charge is 0.382 e. The number of nitrogens with zero attached hydrogens (tertiary/aromatic N) is 1. The third-order valence-electron chi connectivity index (χ3n) is 3.27. The normalized spacial score (nSPS) is 18.7. The van der Waals surface area contributed by atoms with Crippen LogP contribution in [0.15, 0.2) is 22.7 Å². The van der Waals surface area contributed by atoms with Crippen molar-refractivity contribution in [3.8, 4) is 0 Å². The summed E-state index contributed by atoms with van der Waals surface area (Å²) in [5, 5.41) is 3.65. The average Bonchev–Trinajstić information content (AvgIpc) is 2.25. The van der Waals surface area contributed by atoms with Gasteiger partial charge in [-0.15, -0.1) is 0 Å². The van der Waals surface area contributed by atoms with E-state index in [2.05, 4.69) is 58.3 Å². The molecule has 0 aliphatic carbocycles. The Bertz CT molecular complexity index is 357. The second kappa shape index (κ2) is 5.19. The van der Waals surface area contributed by atoms with E-state index in [0.717, 1.165) is 4.47 Å². The molecule has 1 saturated heterocycles. The van der Waals surface area contributed by atoms with Crippen LogP contribution in [0.25, 0.3) is 0 Å². The first-order chi connectivity index (χ1) is 7.65. The zero-order valence-corrected chi connectivity index (χ0v) is 11.5. The summed E-state index contributed by atoms with van der Waals surface area (Å²) in [5.74, 6) is 0. The zero-order chi connectivity index (χ0) is 11.5. The number of hydrogen-bond donors (Lipinski definition) is 1. The van der Waals surface area contributed by atoms with E-state index in [4.69, 9.17) is 0 Å². The van der Waals surface area contributed by atoms with Crippen molar-refractivity contribution in [1.82, 2.24) is 4.90 Å². The molecule has 1 fully saturated rings. The Morgan fingerprint density at radius 3 is 2.62 bits per heavy atom. The number of likely N-dealkylation sites (tertiary alicyclic amines) is 1. The number of hydrogen-bond acceptors (Lipinski definition) is 2. The summed E-state index contributed by atoms with van der Waals surface area (Å²) < 4.78 is 1.15. The highest BCUT2D eigenvalue weighted by Gasteiger charge is 2.16. The number of aryl methyl sites for hydroxylation is 1. The van der Waals surface area contributed by atoms with Crippen molar-refractivity contribution >= 4 is 21.6 Å². The number of piperidine rings is 1. The van der Waals surface area contributed by atoms with Gasteiger partial charge >= 0.3 is 0 Å². The molecule has 0 amide bonds. The van der Waals surface area contributed by atoms with Crippen LogP contribution in [0, 0.1) is 6.92 Å². The lowest BCUT2D eigenvalue weighted by Crippen LogP contribution is -2.36. The highest BCUT2D eigenvalue weighted by Crippen LogP contribution is 2.22. The quantitative estimate of drug-likeness (QED) is 0.896. The topological polar surface area (TPSA) is 15.3 Å². The smallest absolute Gasteiger partial charge is 0.0372 e. The average molecular weight is 283 g/mol. The second-order valence-corrected chi connectivity index (χ2v) is 5.60. The molecule has 0 unspecified atom stereocenters. The summed E-state index contributed by atoms with van der Waals surface area (Å²) in [6, 6.07) is 7.07. The van der Waals surface area contributed by atoms with Gasteiger partial charge in [0.1, 0.15) is 0 Å². The van der Waals surface area contributed by atoms with Crippen LogP contribution in [-0.4, -0.2) is 31.1 Å². The Kier molecular flexibility index (Phi) is 3.87. The van der Waals surface area contributed by atoms with Crippen molar-refractivity contribution in [2.24, 2.45) is 0 Å². The Morgan fingerprint density at radius 1 is 1.31 bits per heavy atom. The summed E-state index contributed by atoms with van der Waals surface area (Å²) >= 11 is 3.49. The maximum absolute atomic E-state index is 3.65. The first kappa shape index (κ1) is 11.9. The van der Waals surface area contributed by atoms with Crippen LogP contribution in [-0.2, 0) is 0 Å². The minimum atomic E-state index is 0.635. The molecule has 1 aromatic rings. The van der Waals surface area contributed by atoms with Gasteiger partial charge in [-0.3, -0.25) is 0 Å². The van der Waals surface area contributed by atoms with E-state index < -0.39 is 0 Å². The Morgan fingerprint density at radius 2 is 2.00 bits per heavy atom. The molecule has 1 aliphatic rings. The molecule has 0 radical (unpaired) electrons. The maximum Gasteiger partial charge on any atom is 0.0372 e.